The fraction of sp³-hybridized carbons (Fsp3) is 0.471. The van der Waals surface area contributed by atoms with Gasteiger partial charge in [0.1, 0.15) is 5.60 Å². The zero-order valence-electron chi connectivity index (χ0n) is 13.3. The average Bonchev–Trinajstić information content (AvgIpc) is 2.38. The van der Waals surface area contributed by atoms with E-state index in [1.807, 2.05) is 6.07 Å². The van der Waals surface area contributed by atoms with Gasteiger partial charge in [0.15, 0.2) is 5.78 Å². The van der Waals surface area contributed by atoms with Gasteiger partial charge in [-0.1, -0.05) is 19.9 Å². The second kappa shape index (κ2) is 6.29. The van der Waals surface area contributed by atoms with E-state index in [1.165, 1.54) is 12.2 Å². The lowest BCUT2D eigenvalue weighted by Crippen LogP contribution is -2.49. The molecule has 118 valence electrons. The fourth-order valence-corrected chi connectivity index (χ4v) is 2.75. The van der Waals surface area contributed by atoms with Gasteiger partial charge in [-0.2, -0.15) is 5.26 Å². The van der Waals surface area contributed by atoms with Gasteiger partial charge in [0.25, 0.3) is 0 Å². The van der Waals surface area contributed by atoms with Crippen molar-refractivity contribution in [3.05, 3.63) is 34.9 Å². The summed E-state index contributed by atoms with van der Waals surface area (Å²) in [6.45, 7) is 6.81. The Morgan fingerprint density at radius 2 is 2.05 bits per heavy atom. The lowest BCUT2D eigenvalue weighted by molar-refractivity contribution is -0.131. The Bertz CT molecular complexity index is 632. The van der Waals surface area contributed by atoms with Crippen LogP contribution in [0, 0.1) is 16.7 Å². The Kier molecular flexibility index (Phi) is 5.10. The third-order valence-corrected chi connectivity index (χ3v) is 4.19. The monoisotopic (exact) mass is 303 g/mol. The van der Waals surface area contributed by atoms with Crippen molar-refractivity contribution < 1.29 is 19.8 Å². The molecule has 1 atom stereocenters. The SMILES string of the molecule is CC1=C(CC#N)C(=O)CC(C)(C)[C@@]1(O)/C=C/C(C)=C\C(=O)O. The van der Waals surface area contributed by atoms with E-state index >= 15 is 0 Å². The molecule has 0 aromatic heterocycles. The minimum atomic E-state index is -1.40. The summed E-state index contributed by atoms with van der Waals surface area (Å²) in [7, 11) is 0. The number of carboxylic acids is 1. The van der Waals surface area contributed by atoms with E-state index in [0.29, 0.717) is 16.7 Å². The first-order chi connectivity index (χ1) is 10.0. The standard InChI is InChI=1S/C17H21NO4/c1-11(9-15(20)21)5-7-17(22)12(2)13(6-8-18)14(19)10-16(17,3)4/h5,7,9,22H,6,10H2,1-4H3,(H,20,21)/b7-5+,11-9-/t17-/m1/s1. The quantitative estimate of drug-likeness (QED) is 0.614. The van der Waals surface area contributed by atoms with Crippen LogP contribution in [0.2, 0.25) is 0 Å². The summed E-state index contributed by atoms with van der Waals surface area (Å²) in [5.74, 6) is -1.19. The number of aliphatic carboxylic acids is 1. The van der Waals surface area contributed by atoms with Crippen LogP contribution in [0.15, 0.2) is 34.9 Å². The van der Waals surface area contributed by atoms with Crippen LogP contribution in [0.3, 0.4) is 0 Å². The first kappa shape index (κ1) is 17.9. The molecule has 0 unspecified atom stereocenters. The molecule has 1 aliphatic rings. The molecular weight excluding hydrogens is 282 g/mol. The van der Waals surface area contributed by atoms with Crippen LogP contribution in [-0.4, -0.2) is 27.6 Å². The van der Waals surface area contributed by atoms with Crippen LogP contribution in [-0.2, 0) is 9.59 Å². The van der Waals surface area contributed by atoms with Crippen molar-refractivity contribution in [1.29, 1.82) is 5.26 Å². The summed E-state index contributed by atoms with van der Waals surface area (Å²) >= 11 is 0. The van der Waals surface area contributed by atoms with Crippen molar-refractivity contribution in [3.63, 3.8) is 0 Å². The van der Waals surface area contributed by atoms with Crippen molar-refractivity contribution in [2.24, 2.45) is 5.41 Å². The normalized spacial score (nSPS) is 25.5. The van der Waals surface area contributed by atoms with Gasteiger partial charge in [0.05, 0.1) is 12.5 Å². The molecule has 0 radical (unpaired) electrons. The Morgan fingerprint density at radius 1 is 1.45 bits per heavy atom. The first-order valence-electron chi connectivity index (χ1n) is 6.98. The number of allylic oxidation sites excluding steroid dienone is 3. The molecule has 0 amide bonds. The molecule has 2 N–H and O–H groups in total. The number of nitrogens with zero attached hydrogens (tertiary/aromatic N) is 1. The van der Waals surface area contributed by atoms with Gasteiger partial charge in [0.2, 0.25) is 0 Å². The third kappa shape index (κ3) is 3.34. The van der Waals surface area contributed by atoms with Gasteiger partial charge in [0, 0.05) is 23.5 Å². The highest BCUT2D eigenvalue weighted by atomic mass is 16.4. The molecule has 0 aromatic carbocycles. The summed E-state index contributed by atoms with van der Waals surface area (Å²) in [6, 6.07) is 1.95. The second-order valence-corrected chi connectivity index (χ2v) is 6.25. The van der Waals surface area contributed by atoms with Gasteiger partial charge in [-0.3, -0.25) is 4.79 Å². The van der Waals surface area contributed by atoms with Gasteiger partial charge < -0.3 is 10.2 Å². The lowest BCUT2D eigenvalue weighted by Gasteiger charge is -2.45. The number of aliphatic hydroxyl groups is 1. The lowest BCUT2D eigenvalue weighted by atomic mass is 9.62. The highest BCUT2D eigenvalue weighted by Crippen LogP contribution is 2.47. The summed E-state index contributed by atoms with van der Waals surface area (Å²) in [5.41, 5.74) is -0.875. The van der Waals surface area contributed by atoms with Crippen LogP contribution in [0.5, 0.6) is 0 Å². The zero-order chi connectivity index (χ0) is 17.1. The molecule has 0 saturated carbocycles. The molecule has 0 heterocycles. The number of hydrogen-bond acceptors (Lipinski definition) is 4. The van der Waals surface area contributed by atoms with Crippen molar-refractivity contribution in [3.8, 4) is 6.07 Å². The molecule has 22 heavy (non-hydrogen) atoms. The summed E-state index contributed by atoms with van der Waals surface area (Å²) < 4.78 is 0. The molecule has 1 rings (SSSR count). The van der Waals surface area contributed by atoms with Crippen LogP contribution >= 0.6 is 0 Å². The number of carbonyl (C=O) groups excluding carboxylic acids is 1. The average molecular weight is 303 g/mol. The smallest absolute Gasteiger partial charge is 0.328 e. The molecule has 1 aliphatic carbocycles. The first-order valence-corrected chi connectivity index (χ1v) is 6.98. The molecule has 5 nitrogen and oxygen atoms in total. The highest BCUT2D eigenvalue weighted by Gasteiger charge is 2.49. The topological polar surface area (TPSA) is 98.4 Å². The predicted molar refractivity (Wildman–Crippen MR) is 81.8 cm³/mol. The number of rotatable bonds is 4. The predicted octanol–water partition coefficient (Wildman–Crippen LogP) is 2.53. The third-order valence-electron chi connectivity index (χ3n) is 4.19. The van der Waals surface area contributed by atoms with Gasteiger partial charge in [-0.15, -0.1) is 0 Å². The largest absolute Gasteiger partial charge is 0.478 e. The van der Waals surface area contributed by atoms with Crippen LogP contribution in [0.1, 0.15) is 40.5 Å². The van der Waals surface area contributed by atoms with E-state index in [-0.39, 0.29) is 18.6 Å². The Balaban J connectivity index is 3.38. The van der Waals surface area contributed by atoms with Crippen molar-refractivity contribution >= 4 is 11.8 Å². The molecular formula is C17H21NO4. The Morgan fingerprint density at radius 3 is 2.55 bits per heavy atom. The number of Topliss-reactive ketones (excluding diaryl/α,β-unsaturated/α-hetero) is 1. The second-order valence-electron chi connectivity index (χ2n) is 6.25. The van der Waals surface area contributed by atoms with E-state index in [4.69, 9.17) is 10.4 Å². The van der Waals surface area contributed by atoms with Crippen molar-refractivity contribution in [2.45, 2.75) is 46.1 Å². The van der Waals surface area contributed by atoms with Crippen LogP contribution in [0.25, 0.3) is 0 Å². The maximum Gasteiger partial charge on any atom is 0.328 e. The number of nitriles is 1. The number of carboxylic acid groups (broad SMARTS) is 1. The van der Waals surface area contributed by atoms with E-state index in [0.717, 1.165) is 6.08 Å². The molecule has 0 spiro atoms. The number of carbonyl (C=O) groups is 2. The number of hydrogen-bond donors (Lipinski definition) is 2. The van der Waals surface area contributed by atoms with Crippen molar-refractivity contribution in [2.75, 3.05) is 0 Å². The van der Waals surface area contributed by atoms with Gasteiger partial charge in [-0.25, -0.2) is 4.79 Å². The maximum absolute atomic E-state index is 12.1. The van der Waals surface area contributed by atoms with Crippen LogP contribution in [0.4, 0.5) is 0 Å². The molecule has 0 fully saturated rings. The molecule has 0 saturated heterocycles. The molecule has 5 heteroatoms. The fourth-order valence-electron chi connectivity index (χ4n) is 2.75. The summed E-state index contributed by atoms with van der Waals surface area (Å²) in [5, 5.41) is 28.7. The minimum Gasteiger partial charge on any atom is -0.478 e. The van der Waals surface area contributed by atoms with E-state index in [1.54, 1.807) is 27.7 Å². The van der Waals surface area contributed by atoms with Gasteiger partial charge in [-0.05, 0) is 31.1 Å². The van der Waals surface area contributed by atoms with E-state index in [2.05, 4.69) is 0 Å². The van der Waals surface area contributed by atoms with E-state index in [9.17, 15) is 14.7 Å². The van der Waals surface area contributed by atoms with Gasteiger partial charge >= 0.3 is 5.97 Å². The summed E-state index contributed by atoms with van der Waals surface area (Å²) in [6.07, 6.45) is 4.17. The van der Waals surface area contributed by atoms with E-state index < -0.39 is 17.0 Å². The zero-order valence-corrected chi connectivity index (χ0v) is 13.3. The van der Waals surface area contributed by atoms with Crippen molar-refractivity contribution in [1.82, 2.24) is 0 Å². The molecule has 0 bridgehead atoms. The van der Waals surface area contributed by atoms with Crippen LogP contribution < -0.4 is 0 Å². The molecule has 0 aliphatic heterocycles. The maximum atomic E-state index is 12.1. The Labute approximate surface area is 130 Å². The number of ketones is 1. The Hall–Kier alpha value is -2.19. The summed E-state index contributed by atoms with van der Waals surface area (Å²) in [4.78, 5) is 22.8. The minimum absolute atomic E-state index is 0.0408. The highest BCUT2D eigenvalue weighted by molar-refractivity contribution is 5.98. The molecule has 0 aromatic rings.